The molecule has 3 aromatic carbocycles. The number of rotatable bonds is 3. The summed E-state index contributed by atoms with van der Waals surface area (Å²) in [7, 11) is 0. The van der Waals surface area contributed by atoms with Crippen molar-refractivity contribution in [3.05, 3.63) is 107 Å². The molecule has 3 aromatic rings. The van der Waals surface area contributed by atoms with Crippen LogP contribution in [0.2, 0.25) is 0 Å². The highest BCUT2D eigenvalue weighted by Crippen LogP contribution is 2.57. The Balaban J connectivity index is 1.73. The first-order chi connectivity index (χ1) is 12.3. The Bertz CT molecular complexity index is 901. The minimum atomic E-state index is 0.00590. The lowest BCUT2D eigenvalue weighted by molar-refractivity contribution is 0.0692. The van der Waals surface area contributed by atoms with Crippen LogP contribution >= 0.6 is 0 Å². The molecule has 0 aromatic heterocycles. The fourth-order valence-electron chi connectivity index (χ4n) is 5.19. The lowest BCUT2D eigenvalue weighted by atomic mass is 9.77. The van der Waals surface area contributed by atoms with E-state index in [-0.39, 0.29) is 5.54 Å². The van der Waals surface area contributed by atoms with Gasteiger partial charge in [-0.1, -0.05) is 85.8 Å². The van der Waals surface area contributed by atoms with E-state index in [0.29, 0.717) is 6.04 Å². The van der Waals surface area contributed by atoms with E-state index in [4.69, 9.17) is 0 Å². The molecule has 2 aliphatic rings. The standard InChI is InChI=1S/C24H23N/c1-2-24-21-14-8-6-12-19(21)16-23(20-13-7-9-15-22(20)24)25(24)17-18-10-4-3-5-11-18/h3-15,23H,2,16-17H2,1H3/t23-,24+/m1/s1. The van der Waals surface area contributed by atoms with Crippen molar-refractivity contribution in [2.24, 2.45) is 0 Å². The van der Waals surface area contributed by atoms with Crippen molar-refractivity contribution < 1.29 is 0 Å². The predicted octanol–water partition coefficient (Wildman–Crippen LogP) is 5.45. The molecule has 25 heavy (non-hydrogen) atoms. The molecule has 1 heteroatoms. The van der Waals surface area contributed by atoms with Crippen molar-refractivity contribution in [2.75, 3.05) is 0 Å². The number of nitrogens with zero attached hydrogens (tertiary/aromatic N) is 1. The molecule has 2 bridgehead atoms. The third-order valence-electron chi connectivity index (χ3n) is 6.22. The summed E-state index contributed by atoms with van der Waals surface area (Å²) in [6, 6.07) is 29.6. The van der Waals surface area contributed by atoms with Crippen molar-refractivity contribution in [3.63, 3.8) is 0 Å². The zero-order chi connectivity index (χ0) is 16.9. The Kier molecular flexibility index (Phi) is 3.33. The van der Waals surface area contributed by atoms with Crippen LogP contribution in [0.15, 0.2) is 78.9 Å². The van der Waals surface area contributed by atoms with Crippen molar-refractivity contribution >= 4 is 0 Å². The van der Waals surface area contributed by atoms with E-state index < -0.39 is 0 Å². The van der Waals surface area contributed by atoms with E-state index in [1.807, 2.05) is 0 Å². The Morgan fingerprint density at radius 2 is 1.52 bits per heavy atom. The van der Waals surface area contributed by atoms with Gasteiger partial charge in [0.05, 0.1) is 5.54 Å². The van der Waals surface area contributed by atoms with Gasteiger partial charge in [-0.2, -0.15) is 0 Å². The summed E-state index contributed by atoms with van der Waals surface area (Å²) in [6.07, 6.45) is 2.21. The molecular weight excluding hydrogens is 302 g/mol. The van der Waals surface area contributed by atoms with Crippen molar-refractivity contribution in [3.8, 4) is 0 Å². The summed E-state index contributed by atoms with van der Waals surface area (Å²) >= 11 is 0. The lowest BCUT2D eigenvalue weighted by Gasteiger charge is -2.46. The maximum Gasteiger partial charge on any atom is 0.0726 e. The van der Waals surface area contributed by atoms with Crippen LogP contribution < -0.4 is 0 Å². The minimum Gasteiger partial charge on any atom is -0.278 e. The van der Waals surface area contributed by atoms with Crippen molar-refractivity contribution in [2.45, 2.75) is 37.9 Å². The fraction of sp³-hybridized carbons (Fsp3) is 0.250. The van der Waals surface area contributed by atoms with Gasteiger partial charge < -0.3 is 0 Å². The van der Waals surface area contributed by atoms with Gasteiger partial charge in [0.2, 0.25) is 0 Å². The first kappa shape index (κ1) is 14.9. The van der Waals surface area contributed by atoms with Crippen LogP contribution in [0.3, 0.4) is 0 Å². The second kappa shape index (κ2) is 5.57. The number of hydrogen-bond acceptors (Lipinski definition) is 1. The molecule has 0 radical (unpaired) electrons. The van der Waals surface area contributed by atoms with Gasteiger partial charge in [-0.05, 0) is 40.7 Å². The third-order valence-corrected chi connectivity index (χ3v) is 6.22. The topological polar surface area (TPSA) is 3.24 Å². The van der Waals surface area contributed by atoms with E-state index in [0.717, 1.165) is 19.4 Å². The SMILES string of the molecule is CC[C@]12c3ccccc3C[C@H](c3ccccc31)N2Cc1ccccc1. The van der Waals surface area contributed by atoms with E-state index >= 15 is 0 Å². The molecule has 2 heterocycles. The van der Waals surface area contributed by atoms with Gasteiger partial charge in [-0.3, -0.25) is 4.90 Å². The van der Waals surface area contributed by atoms with Gasteiger partial charge in [-0.15, -0.1) is 0 Å². The molecule has 2 aliphatic heterocycles. The van der Waals surface area contributed by atoms with Crippen LogP contribution in [0.25, 0.3) is 0 Å². The molecule has 5 rings (SSSR count). The molecule has 0 amide bonds. The lowest BCUT2D eigenvalue weighted by Crippen LogP contribution is -2.46. The quantitative estimate of drug-likeness (QED) is 0.618. The average Bonchev–Trinajstić information content (AvgIpc) is 2.86. The van der Waals surface area contributed by atoms with E-state index in [2.05, 4.69) is 90.7 Å². The first-order valence-electron chi connectivity index (χ1n) is 9.33. The summed E-state index contributed by atoms with van der Waals surface area (Å²) < 4.78 is 0. The Hall–Kier alpha value is -2.38. The third kappa shape index (κ3) is 1.99. The van der Waals surface area contributed by atoms with Gasteiger partial charge >= 0.3 is 0 Å². The van der Waals surface area contributed by atoms with Crippen LogP contribution in [0.1, 0.15) is 47.2 Å². The molecule has 0 aliphatic carbocycles. The van der Waals surface area contributed by atoms with Crippen LogP contribution in [0.4, 0.5) is 0 Å². The number of benzene rings is 3. The molecule has 0 unspecified atom stereocenters. The molecule has 0 spiro atoms. The molecular formula is C24H23N. The van der Waals surface area contributed by atoms with Gasteiger partial charge in [0.25, 0.3) is 0 Å². The number of hydrogen-bond donors (Lipinski definition) is 0. The highest BCUT2D eigenvalue weighted by molar-refractivity contribution is 5.55. The summed E-state index contributed by atoms with van der Waals surface area (Å²) in [5.74, 6) is 0. The maximum atomic E-state index is 2.76. The second-order valence-electron chi connectivity index (χ2n) is 7.29. The first-order valence-corrected chi connectivity index (χ1v) is 9.33. The van der Waals surface area contributed by atoms with Gasteiger partial charge in [-0.25, -0.2) is 0 Å². The molecule has 124 valence electrons. The van der Waals surface area contributed by atoms with Gasteiger partial charge in [0.15, 0.2) is 0 Å². The summed E-state index contributed by atoms with van der Waals surface area (Å²) in [6.45, 7) is 3.35. The van der Waals surface area contributed by atoms with Crippen molar-refractivity contribution in [1.82, 2.24) is 4.90 Å². The normalized spacial score (nSPS) is 24.0. The zero-order valence-electron chi connectivity index (χ0n) is 14.7. The fourth-order valence-corrected chi connectivity index (χ4v) is 5.19. The molecule has 0 fully saturated rings. The smallest absolute Gasteiger partial charge is 0.0726 e. The molecule has 1 nitrogen and oxygen atoms in total. The van der Waals surface area contributed by atoms with E-state index in [1.165, 1.54) is 27.8 Å². The average molecular weight is 325 g/mol. The summed E-state index contributed by atoms with van der Waals surface area (Å²) in [5, 5.41) is 0. The minimum absolute atomic E-state index is 0.00590. The molecule has 0 N–H and O–H groups in total. The molecule has 2 atom stereocenters. The molecule has 0 saturated carbocycles. The van der Waals surface area contributed by atoms with Crippen LogP contribution in [-0.4, -0.2) is 4.90 Å². The predicted molar refractivity (Wildman–Crippen MR) is 102 cm³/mol. The maximum absolute atomic E-state index is 2.76. The summed E-state index contributed by atoms with van der Waals surface area (Å²) in [4.78, 5) is 2.76. The highest BCUT2D eigenvalue weighted by Gasteiger charge is 2.53. The van der Waals surface area contributed by atoms with Crippen molar-refractivity contribution in [1.29, 1.82) is 0 Å². The number of fused-ring (bicyclic) bond motifs is 7. The van der Waals surface area contributed by atoms with Gasteiger partial charge in [0, 0.05) is 12.6 Å². The van der Waals surface area contributed by atoms with E-state index in [9.17, 15) is 0 Å². The Morgan fingerprint density at radius 1 is 0.840 bits per heavy atom. The van der Waals surface area contributed by atoms with Crippen LogP contribution in [0, 0.1) is 0 Å². The largest absolute Gasteiger partial charge is 0.278 e. The monoisotopic (exact) mass is 325 g/mol. The summed E-state index contributed by atoms with van der Waals surface area (Å²) in [5.41, 5.74) is 7.48. The molecule has 0 saturated heterocycles. The Labute approximate surface area is 149 Å². The van der Waals surface area contributed by atoms with Crippen LogP contribution in [0.5, 0.6) is 0 Å². The highest BCUT2D eigenvalue weighted by atomic mass is 15.3. The Morgan fingerprint density at radius 3 is 2.32 bits per heavy atom. The van der Waals surface area contributed by atoms with Gasteiger partial charge in [0.1, 0.15) is 0 Å². The second-order valence-corrected chi connectivity index (χ2v) is 7.29. The van der Waals surface area contributed by atoms with Crippen LogP contribution in [-0.2, 0) is 18.5 Å². The zero-order valence-corrected chi connectivity index (χ0v) is 14.7. The van der Waals surface area contributed by atoms with E-state index in [1.54, 1.807) is 0 Å².